The van der Waals surface area contributed by atoms with Crippen LogP contribution in [0.5, 0.6) is 5.75 Å². The Hall–Kier alpha value is -3.61. The number of ether oxygens (including phenoxy) is 1. The third kappa shape index (κ3) is 3.99. The van der Waals surface area contributed by atoms with Gasteiger partial charge in [-0.15, -0.1) is 0 Å². The molecule has 0 bridgehead atoms. The van der Waals surface area contributed by atoms with Gasteiger partial charge in [-0.05, 0) is 24.6 Å². The van der Waals surface area contributed by atoms with Crippen LogP contribution < -0.4 is 15.4 Å². The van der Waals surface area contributed by atoms with Gasteiger partial charge in [0.2, 0.25) is 11.8 Å². The second-order valence-electron chi connectivity index (χ2n) is 6.82. The molecule has 0 radical (unpaired) electrons. The summed E-state index contributed by atoms with van der Waals surface area (Å²) in [5, 5.41) is 10.2. The average molecular weight is 390 g/mol. The number of hydrogen-bond acceptors (Lipinski definition) is 4. The minimum Gasteiger partial charge on any atom is -0.492 e. The molecule has 0 unspecified atom stereocenters. The quantitative estimate of drug-likeness (QED) is 0.674. The molecule has 0 aliphatic carbocycles. The Morgan fingerprint density at radius 3 is 2.76 bits per heavy atom. The minimum atomic E-state index is -0.495. The molecule has 0 saturated carbocycles. The number of para-hydroxylation sites is 2. The average Bonchev–Trinajstić information content (AvgIpc) is 3.13. The van der Waals surface area contributed by atoms with E-state index in [1.807, 2.05) is 49.4 Å². The van der Waals surface area contributed by atoms with Crippen molar-refractivity contribution in [3.8, 4) is 16.9 Å². The van der Waals surface area contributed by atoms with Crippen molar-refractivity contribution >= 4 is 23.3 Å². The number of nitrogens with zero attached hydrogens (tertiary/aromatic N) is 2. The summed E-state index contributed by atoms with van der Waals surface area (Å²) in [7, 11) is 0. The van der Waals surface area contributed by atoms with E-state index in [-0.39, 0.29) is 18.2 Å². The number of rotatable bonds is 6. The van der Waals surface area contributed by atoms with Crippen LogP contribution in [0.1, 0.15) is 13.3 Å². The molecule has 3 aromatic rings. The van der Waals surface area contributed by atoms with Crippen molar-refractivity contribution in [2.75, 3.05) is 17.2 Å². The van der Waals surface area contributed by atoms with Crippen molar-refractivity contribution in [3.05, 3.63) is 60.8 Å². The highest BCUT2D eigenvalue weighted by Crippen LogP contribution is 2.32. The molecular formula is C22H22N4O3. The molecule has 29 heavy (non-hydrogen) atoms. The monoisotopic (exact) mass is 390 g/mol. The largest absolute Gasteiger partial charge is 0.492 e. The maximum Gasteiger partial charge on any atom is 0.231 e. The molecule has 0 saturated heterocycles. The SMILES string of the molecule is CCOc1ccccc1NC(=O)C[C@@H]1Cn2ncc(-c3ccccc3)c2NC1=O. The standard InChI is InChI=1S/C22H22N4O3/c1-2-29-19-11-7-6-10-18(19)24-20(27)12-16-14-26-21(25-22(16)28)17(13-23-26)15-8-4-3-5-9-15/h3-11,13,16H,2,12,14H2,1H3,(H,24,27)(H,25,28)/t16-/m1/s1. The number of anilines is 2. The number of hydrogen-bond donors (Lipinski definition) is 2. The second-order valence-corrected chi connectivity index (χ2v) is 6.82. The third-order valence-corrected chi connectivity index (χ3v) is 4.82. The summed E-state index contributed by atoms with van der Waals surface area (Å²) in [6.07, 6.45) is 1.80. The Morgan fingerprint density at radius 2 is 1.97 bits per heavy atom. The first-order valence-corrected chi connectivity index (χ1v) is 9.59. The van der Waals surface area contributed by atoms with Crippen LogP contribution in [-0.2, 0) is 16.1 Å². The number of carbonyl (C=O) groups is 2. The highest BCUT2D eigenvalue weighted by Gasteiger charge is 2.30. The van der Waals surface area contributed by atoms with Crippen LogP contribution in [0.25, 0.3) is 11.1 Å². The van der Waals surface area contributed by atoms with Crippen LogP contribution in [0.4, 0.5) is 11.5 Å². The van der Waals surface area contributed by atoms with Crippen molar-refractivity contribution < 1.29 is 14.3 Å². The zero-order valence-corrected chi connectivity index (χ0v) is 16.1. The molecule has 0 fully saturated rings. The van der Waals surface area contributed by atoms with E-state index in [1.165, 1.54) is 0 Å². The summed E-state index contributed by atoms with van der Waals surface area (Å²) >= 11 is 0. The van der Waals surface area contributed by atoms with E-state index in [9.17, 15) is 9.59 Å². The molecule has 1 atom stereocenters. The van der Waals surface area contributed by atoms with Crippen LogP contribution in [0.3, 0.4) is 0 Å². The molecule has 1 aliphatic heterocycles. The van der Waals surface area contributed by atoms with Crippen LogP contribution in [0.2, 0.25) is 0 Å². The number of amides is 2. The summed E-state index contributed by atoms with van der Waals surface area (Å²) in [6.45, 7) is 2.74. The predicted octanol–water partition coefficient (Wildman–Crippen LogP) is 3.55. The highest BCUT2D eigenvalue weighted by molar-refractivity contribution is 6.01. The molecule has 1 aromatic heterocycles. The fourth-order valence-electron chi connectivity index (χ4n) is 3.43. The van der Waals surface area contributed by atoms with Gasteiger partial charge >= 0.3 is 0 Å². The van der Waals surface area contributed by atoms with E-state index in [1.54, 1.807) is 23.0 Å². The van der Waals surface area contributed by atoms with E-state index < -0.39 is 5.92 Å². The molecule has 7 heteroatoms. The van der Waals surface area contributed by atoms with Crippen LogP contribution in [0, 0.1) is 5.92 Å². The van der Waals surface area contributed by atoms with E-state index in [0.29, 0.717) is 30.4 Å². The first-order valence-electron chi connectivity index (χ1n) is 9.59. The van der Waals surface area contributed by atoms with E-state index >= 15 is 0 Å². The molecule has 0 spiro atoms. The molecule has 2 amide bonds. The maximum atomic E-state index is 12.6. The van der Waals surface area contributed by atoms with Gasteiger partial charge < -0.3 is 15.4 Å². The van der Waals surface area contributed by atoms with Crippen LogP contribution >= 0.6 is 0 Å². The summed E-state index contributed by atoms with van der Waals surface area (Å²) in [5.74, 6) is 0.364. The van der Waals surface area contributed by atoms with Gasteiger partial charge in [-0.1, -0.05) is 42.5 Å². The fourth-order valence-corrected chi connectivity index (χ4v) is 3.43. The van der Waals surface area contributed by atoms with Crippen molar-refractivity contribution in [2.24, 2.45) is 5.92 Å². The Balaban J connectivity index is 1.46. The Labute approximate surface area is 168 Å². The van der Waals surface area contributed by atoms with Gasteiger partial charge in [-0.2, -0.15) is 5.10 Å². The summed E-state index contributed by atoms with van der Waals surface area (Å²) in [4.78, 5) is 25.2. The van der Waals surface area contributed by atoms with Gasteiger partial charge in [0.1, 0.15) is 11.6 Å². The Kier molecular flexibility index (Phi) is 5.29. The van der Waals surface area contributed by atoms with E-state index in [2.05, 4.69) is 15.7 Å². The van der Waals surface area contributed by atoms with Gasteiger partial charge in [-0.3, -0.25) is 9.59 Å². The number of fused-ring (bicyclic) bond motifs is 1. The lowest BCUT2D eigenvalue weighted by molar-refractivity contribution is -0.125. The molecule has 2 N–H and O–H groups in total. The van der Waals surface area contributed by atoms with E-state index in [0.717, 1.165) is 11.1 Å². The molecule has 148 valence electrons. The highest BCUT2D eigenvalue weighted by atomic mass is 16.5. The van der Waals surface area contributed by atoms with Gasteiger partial charge in [-0.25, -0.2) is 4.68 Å². The van der Waals surface area contributed by atoms with Crippen molar-refractivity contribution in [1.82, 2.24) is 9.78 Å². The topological polar surface area (TPSA) is 85.2 Å². The third-order valence-electron chi connectivity index (χ3n) is 4.82. The molecule has 4 rings (SSSR count). The van der Waals surface area contributed by atoms with Crippen molar-refractivity contribution in [2.45, 2.75) is 19.9 Å². The van der Waals surface area contributed by atoms with Gasteiger partial charge in [0.25, 0.3) is 0 Å². The lowest BCUT2D eigenvalue weighted by Gasteiger charge is -2.24. The van der Waals surface area contributed by atoms with E-state index in [4.69, 9.17) is 4.74 Å². The minimum absolute atomic E-state index is 0.0618. The molecule has 2 heterocycles. The number of benzene rings is 2. The molecule has 7 nitrogen and oxygen atoms in total. The number of nitrogens with one attached hydrogen (secondary N) is 2. The Bertz CT molecular complexity index is 1030. The fraction of sp³-hybridized carbons (Fsp3) is 0.227. The smallest absolute Gasteiger partial charge is 0.231 e. The molecular weight excluding hydrogens is 368 g/mol. The summed E-state index contributed by atoms with van der Waals surface area (Å²) in [6, 6.07) is 17.0. The number of carbonyl (C=O) groups excluding carboxylic acids is 2. The lowest BCUT2D eigenvalue weighted by atomic mass is 10.0. The van der Waals surface area contributed by atoms with Gasteiger partial charge in [0, 0.05) is 12.0 Å². The van der Waals surface area contributed by atoms with Crippen LogP contribution in [0.15, 0.2) is 60.8 Å². The summed E-state index contributed by atoms with van der Waals surface area (Å²) < 4.78 is 7.28. The van der Waals surface area contributed by atoms with Gasteiger partial charge in [0.05, 0.1) is 31.0 Å². The first-order chi connectivity index (χ1) is 14.2. The van der Waals surface area contributed by atoms with Crippen LogP contribution in [-0.4, -0.2) is 28.2 Å². The zero-order chi connectivity index (χ0) is 20.2. The molecule has 2 aromatic carbocycles. The first kappa shape index (κ1) is 18.7. The second kappa shape index (κ2) is 8.18. The lowest BCUT2D eigenvalue weighted by Crippen LogP contribution is -2.36. The zero-order valence-electron chi connectivity index (χ0n) is 16.1. The van der Waals surface area contributed by atoms with Crippen molar-refractivity contribution in [3.63, 3.8) is 0 Å². The Morgan fingerprint density at radius 1 is 1.21 bits per heavy atom. The predicted molar refractivity (Wildman–Crippen MR) is 111 cm³/mol. The normalized spacial score (nSPS) is 15.3. The maximum absolute atomic E-state index is 12.6. The van der Waals surface area contributed by atoms with Gasteiger partial charge in [0.15, 0.2) is 0 Å². The molecule has 1 aliphatic rings. The number of aromatic nitrogens is 2. The van der Waals surface area contributed by atoms with Crippen molar-refractivity contribution in [1.29, 1.82) is 0 Å². The summed E-state index contributed by atoms with van der Waals surface area (Å²) in [5.41, 5.74) is 2.45.